The van der Waals surface area contributed by atoms with Gasteiger partial charge in [0.1, 0.15) is 13.1 Å². The SMILES string of the molecule is COS(=O)(=O)[O-].C[NH+]1CC(OS(C)(=O)=O)C1. The molecule has 0 aromatic rings. The summed E-state index contributed by atoms with van der Waals surface area (Å²) in [5.74, 6) is 0. The molecule has 0 saturated carbocycles. The van der Waals surface area contributed by atoms with Crippen LogP contribution in [0.4, 0.5) is 0 Å². The van der Waals surface area contributed by atoms with Gasteiger partial charge < -0.3 is 9.45 Å². The molecule has 0 aromatic heterocycles. The van der Waals surface area contributed by atoms with Crippen LogP contribution in [0.25, 0.3) is 0 Å². The molecular weight excluding hydrogens is 262 g/mol. The van der Waals surface area contributed by atoms with Crippen LogP contribution in [-0.4, -0.2) is 61.0 Å². The van der Waals surface area contributed by atoms with Gasteiger partial charge in [0.05, 0.1) is 20.4 Å². The molecule has 0 bridgehead atoms. The van der Waals surface area contributed by atoms with E-state index in [0.29, 0.717) is 0 Å². The van der Waals surface area contributed by atoms with Crippen molar-refractivity contribution in [1.29, 1.82) is 0 Å². The Bertz CT molecular complexity index is 395. The van der Waals surface area contributed by atoms with Crippen LogP contribution in [0.3, 0.4) is 0 Å². The molecular formula is C6H15NO7S2. The lowest BCUT2D eigenvalue weighted by atomic mass is 10.2. The van der Waals surface area contributed by atoms with Gasteiger partial charge in [0, 0.05) is 0 Å². The van der Waals surface area contributed by atoms with Gasteiger partial charge in [-0.25, -0.2) is 8.42 Å². The molecule has 0 amide bonds. The summed E-state index contributed by atoms with van der Waals surface area (Å²) in [7, 11) is -4.82. The summed E-state index contributed by atoms with van der Waals surface area (Å²) in [6.45, 7) is 1.60. The van der Waals surface area contributed by atoms with Gasteiger partial charge >= 0.3 is 0 Å². The van der Waals surface area contributed by atoms with Crippen molar-refractivity contribution in [3.05, 3.63) is 0 Å². The minimum absolute atomic E-state index is 0.0741. The van der Waals surface area contributed by atoms with Gasteiger partial charge in [-0.1, -0.05) is 0 Å². The molecule has 1 rings (SSSR count). The molecule has 16 heavy (non-hydrogen) atoms. The summed E-state index contributed by atoms with van der Waals surface area (Å²) in [4.78, 5) is 1.31. The van der Waals surface area contributed by atoms with Gasteiger partial charge in [-0.05, 0) is 0 Å². The van der Waals surface area contributed by atoms with Crippen LogP contribution in [0.5, 0.6) is 0 Å². The second-order valence-electron chi connectivity index (χ2n) is 3.36. The standard InChI is InChI=1S/C5H11NO3S.CH4O4S/c1-6-3-5(4-6)9-10(2,7)8;1-5-6(2,3)4/h5H,3-4H2,1-2H3;1H3,(H,2,3,4). The van der Waals surface area contributed by atoms with Crippen LogP contribution >= 0.6 is 0 Å². The monoisotopic (exact) mass is 277 g/mol. The molecule has 0 atom stereocenters. The average molecular weight is 277 g/mol. The molecule has 8 nitrogen and oxygen atoms in total. The maximum absolute atomic E-state index is 10.5. The molecule has 1 aliphatic rings. The lowest BCUT2D eigenvalue weighted by Crippen LogP contribution is -3.19. The van der Waals surface area contributed by atoms with Gasteiger partial charge in [0.15, 0.2) is 6.10 Å². The first kappa shape index (κ1) is 15.7. The molecule has 1 aliphatic heterocycles. The molecule has 1 fully saturated rings. The van der Waals surface area contributed by atoms with Crippen LogP contribution in [0.2, 0.25) is 0 Å². The van der Waals surface area contributed by atoms with Gasteiger partial charge in [0.2, 0.25) is 10.4 Å². The molecule has 98 valence electrons. The zero-order chi connectivity index (χ0) is 13.0. The van der Waals surface area contributed by atoms with Crippen molar-refractivity contribution in [2.75, 3.05) is 33.5 Å². The van der Waals surface area contributed by atoms with Gasteiger partial charge in [-0.3, -0.25) is 8.37 Å². The summed E-state index contributed by atoms with van der Waals surface area (Å²) in [5.41, 5.74) is 0. The highest BCUT2D eigenvalue weighted by atomic mass is 32.3. The first-order valence-corrected chi connectivity index (χ1v) is 7.39. The van der Waals surface area contributed by atoms with E-state index < -0.39 is 20.5 Å². The second-order valence-corrected chi connectivity index (χ2v) is 6.11. The van der Waals surface area contributed by atoms with E-state index in [1.54, 1.807) is 0 Å². The highest BCUT2D eigenvalue weighted by Gasteiger charge is 2.31. The van der Waals surface area contributed by atoms with Crippen LogP contribution in [0.15, 0.2) is 0 Å². The maximum atomic E-state index is 10.5. The number of hydrogen-bond acceptors (Lipinski definition) is 7. The zero-order valence-corrected chi connectivity index (χ0v) is 10.8. The van der Waals surface area contributed by atoms with E-state index >= 15 is 0 Å². The van der Waals surface area contributed by atoms with Crippen molar-refractivity contribution >= 4 is 20.5 Å². The fourth-order valence-corrected chi connectivity index (χ4v) is 1.66. The van der Waals surface area contributed by atoms with Gasteiger partial charge in [-0.2, -0.15) is 8.42 Å². The Morgan fingerprint density at radius 2 is 1.62 bits per heavy atom. The van der Waals surface area contributed by atoms with Crippen LogP contribution in [0, 0.1) is 0 Å². The van der Waals surface area contributed by atoms with Crippen molar-refractivity contribution in [3.63, 3.8) is 0 Å². The number of quaternary nitrogens is 1. The van der Waals surface area contributed by atoms with Crippen molar-refractivity contribution in [1.82, 2.24) is 0 Å². The third-order valence-electron chi connectivity index (χ3n) is 1.67. The Balaban J connectivity index is 0.000000325. The maximum Gasteiger partial charge on any atom is 0.265 e. The van der Waals surface area contributed by atoms with E-state index in [2.05, 4.69) is 4.18 Å². The van der Waals surface area contributed by atoms with Crippen molar-refractivity contribution in [2.45, 2.75) is 6.10 Å². The first-order valence-electron chi connectivity index (χ1n) is 4.24. The lowest BCUT2D eigenvalue weighted by molar-refractivity contribution is -0.928. The van der Waals surface area contributed by atoms with Crippen LogP contribution in [-0.2, 0) is 28.9 Å². The summed E-state index contributed by atoms with van der Waals surface area (Å²) >= 11 is 0. The van der Waals surface area contributed by atoms with E-state index in [-0.39, 0.29) is 6.10 Å². The van der Waals surface area contributed by atoms with Crippen molar-refractivity contribution in [2.24, 2.45) is 0 Å². The second kappa shape index (κ2) is 5.89. The van der Waals surface area contributed by atoms with E-state index in [1.165, 1.54) is 4.90 Å². The minimum atomic E-state index is -4.41. The molecule has 0 aromatic carbocycles. The number of nitrogens with one attached hydrogen (secondary N) is 1. The topological polar surface area (TPSA) is 114 Å². The van der Waals surface area contributed by atoms with E-state index in [0.717, 1.165) is 26.5 Å². The molecule has 1 N–H and O–H groups in total. The molecule has 10 heteroatoms. The molecule has 0 spiro atoms. The molecule has 1 heterocycles. The summed E-state index contributed by atoms with van der Waals surface area (Å²) < 4.78 is 56.7. The molecule has 1 saturated heterocycles. The summed E-state index contributed by atoms with van der Waals surface area (Å²) in [6, 6.07) is 0. The Kier molecular flexibility index (Phi) is 5.79. The van der Waals surface area contributed by atoms with E-state index in [1.807, 2.05) is 7.05 Å². The average Bonchev–Trinajstić information content (AvgIpc) is 1.99. The predicted molar refractivity (Wildman–Crippen MR) is 53.0 cm³/mol. The summed E-state index contributed by atoms with van der Waals surface area (Å²) in [5, 5.41) is 0. The molecule has 0 aliphatic carbocycles. The third kappa shape index (κ3) is 9.00. The number of hydrogen-bond donors (Lipinski definition) is 1. The van der Waals surface area contributed by atoms with Crippen molar-refractivity contribution < 1.29 is 34.7 Å². The number of rotatable bonds is 3. The number of likely N-dealkylation sites (N-methyl/N-ethyl adjacent to an activating group) is 1. The fraction of sp³-hybridized carbons (Fsp3) is 1.00. The van der Waals surface area contributed by atoms with Gasteiger partial charge in [0.25, 0.3) is 10.1 Å². The number of likely N-dealkylation sites (tertiary alicyclic amines) is 1. The highest BCUT2D eigenvalue weighted by Crippen LogP contribution is 1.97. The highest BCUT2D eigenvalue weighted by molar-refractivity contribution is 7.86. The molecule has 0 radical (unpaired) electrons. The Morgan fingerprint density at radius 1 is 1.25 bits per heavy atom. The van der Waals surface area contributed by atoms with E-state index in [9.17, 15) is 21.4 Å². The first-order chi connectivity index (χ1) is 7.03. The fourth-order valence-electron chi connectivity index (χ4n) is 1.03. The minimum Gasteiger partial charge on any atom is -0.726 e. The zero-order valence-electron chi connectivity index (χ0n) is 9.17. The molecule has 0 unspecified atom stereocenters. The Morgan fingerprint density at radius 3 is 1.81 bits per heavy atom. The predicted octanol–water partition coefficient (Wildman–Crippen LogP) is -3.05. The Labute approximate surface area is 95.2 Å². The van der Waals surface area contributed by atoms with Crippen molar-refractivity contribution in [3.8, 4) is 0 Å². The lowest BCUT2D eigenvalue weighted by Gasteiger charge is -2.30. The Hall–Kier alpha value is -0.260. The van der Waals surface area contributed by atoms with Gasteiger partial charge in [-0.15, -0.1) is 0 Å². The smallest absolute Gasteiger partial charge is 0.265 e. The third-order valence-corrected chi connectivity index (χ3v) is 2.70. The quantitative estimate of drug-likeness (QED) is 0.331. The normalized spacial score (nSPS) is 25.2. The summed E-state index contributed by atoms with van der Waals surface area (Å²) in [6.07, 6.45) is 1.01. The van der Waals surface area contributed by atoms with Crippen LogP contribution < -0.4 is 4.90 Å². The largest absolute Gasteiger partial charge is 0.726 e. The van der Waals surface area contributed by atoms with E-state index in [4.69, 9.17) is 4.18 Å². The van der Waals surface area contributed by atoms with Crippen LogP contribution in [0.1, 0.15) is 0 Å².